The third kappa shape index (κ3) is 3.51. The molecule has 1 saturated heterocycles. The molecule has 3 aromatic rings. The first-order chi connectivity index (χ1) is 13.0. The molecule has 1 aliphatic heterocycles. The lowest BCUT2D eigenvalue weighted by Gasteiger charge is -2.33. The first kappa shape index (κ1) is 17.5. The molecule has 4 heterocycles. The van der Waals surface area contributed by atoms with Crippen LogP contribution in [0.25, 0.3) is 5.65 Å². The van der Waals surface area contributed by atoms with E-state index in [2.05, 4.69) is 9.88 Å². The maximum absolute atomic E-state index is 12.2. The van der Waals surface area contributed by atoms with Gasteiger partial charge >= 0.3 is 6.09 Å². The Morgan fingerprint density at radius 1 is 1.11 bits per heavy atom. The number of amides is 1. The molecule has 0 bridgehead atoms. The Morgan fingerprint density at radius 2 is 1.81 bits per heavy atom. The number of nitrogens with zero attached hydrogens (tertiary/aromatic N) is 5. The Morgan fingerprint density at radius 3 is 2.52 bits per heavy atom. The molecule has 0 aromatic carbocycles. The molecule has 0 saturated carbocycles. The zero-order valence-corrected chi connectivity index (χ0v) is 15.1. The van der Waals surface area contributed by atoms with Gasteiger partial charge in [0.1, 0.15) is 5.65 Å². The maximum atomic E-state index is 12.2. The molecule has 0 radical (unpaired) electrons. The number of pyridine rings is 1. The number of piperazine rings is 1. The van der Waals surface area contributed by atoms with Crippen LogP contribution < -0.4 is 4.84 Å². The van der Waals surface area contributed by atoms with Crippen LogP contribution in [-0.4, -0.2) is 66.4 Å². The topological polar surface area (TPSA) is 95.5 Å². The molecule has 1 amide bonds. The zero-order chi connectivity index (χ0) is 19.0. The quantitative estimate of drug-likeness (QED) is 0.703. The average molecular weight is 392 g/mol. The number of aromatic nitrogens is 3. The van der Waals surface area contributed by atoms with Crippen molar-refractivity contribution in [1.82, 2.24) is 23.9 Å². The van der Waals surface area contributed by atoms with Gasteiger partial charge in [0.25, 0.3) is 0 Å². The number of aromatic hydroxyl groups is 2. The van der Waals surface area contributed by atoms with Crippen molar-refractivity contribution in [2.75, 3.05) is 26.2 Å². The summed E-state index contributed by atoms with van der Waals surface area (Å²) in [7, 11) is 0. The van der Waals surface area contributed by atoms with Crippen LogP contribution in [0, 0.1) is 0 Å². The van der Waals surface area contributed by atoms with E-state index in [1.54, 1.807) is 6.07 Å². The van der Waals surface area contributed by atoms with Gasteiger partial charge in [0.15, 0.2) is 0 Å². The molecule has 0 aliphatic carbocycles. The Kier molecular flexibility index (Phi) is 4.54. The number of carbonyl (C=O) groups excluding carboxylic acids is 1. The lowest BCUT2D eigenvalue weighted by atomic mass is 10.3. The van der Waals surface area contributed by atoms with Crippen molar-refractivity contribution in [3.8, 4) is 11.8 Å². The van der Waals surface area contributed by atoms with Crippen LogP contribution in [0.1, 0.15) is 5.69 Å². The van der Waals surface area contributed by atoms with Crippen LogP contribution in [0.3, 0.4) is 0 Å². The van der Waals surface area contributed by atoms with Crippen LogP contribution in [0.5, 0.6) is 11.8 Å². The van der Waals surface area contributed by atoms with Gasteiger partial charge in [-0.3, -0.25) is 4.90 Å². The van der Waals surface area contributed by atoms with Crippen molar-refractivity contribution in [2.45, 2.75) is 6.54 Å². The molecule has 1 aliphatic rings. The molecule has 1 fully saturated rings. The number of imidazole rings is 1. The van der Waals surface area contributed by atoms with Crippen molar-refractivity contribution in [1.29, 1.82) is 0 Å². The van der Waals surface area contributed by atoms with E-state index >= 15 is 0 Å². The smallest absolute Gasteiger partial charge is 0.434 e. The number of carbonyl (C=O) groups is 1. The zero-order valence-electron chi connectivity index (χ0n) is 14.3. The van der Waals surface area contributed by atoms with Crippen LogP contribution in [0.2, 0.25) is 5.02 Å². The summed E-state index contributed by atoms with van der Waals surface area (Å²) in [4.78, 5) is 25.3. The fourth-order valence-electron chi connectivity index (χ4n) is 3.07. The maximum Gasteiger partial charge on any atom is 0.434 e. The van der Waals surface area contributed by atoms with E-state index in [9.17, 15) is 15.0 Å². The molecule has 10 heteroatoms. The van der Waals surface area contributed by atoms with Gasteiger partial charge in [0.05, 0.1) is 16.9 Å². The minimum Gasteiger partial charge on any atom is -0.492 e. The first-order valence-corrected chi connectivity index (χ1v) is 8.80. The normalized spacial score (nSPS) is 15.4. The lowest BCUT2D eigenvalue weighted by molar-refractivity contribution is 0.0553. The van der Waals surface area contributed by atoms with Crippen LogP contribution in [0.4, 0.5) is 4.79 Å². The molecule has 3 aromatic heterocycles. The SMILES string of the molecule is O=C(On1c(O)ccc1O)N1CCN(Cc2cnc3ccc(Cl)cn23)CC1. The lowest BCUT2D eigenvalue weighted by Crippen LogP contribution is -2.50. The van der Waals surface area contributed by atoms with E-state index in [0.29, 0.717) is 42.5 Å². The van der Waals surface area contributed by atoms with Crippen LogP contribution in [0.15, 0.2) is 36.7 Å². The van der Waals surface area contributed by atoms with E-state index in [-0.39, 0.29) is 11.8 Å². The summed E-state index contributed by atoms with van der Waals surface area (Å²) in [5.41, 5.74) is 1.86. The van der Waals surface area contributed by atoms with Crippen LogP contribution >= 0.6 is 11.6 Å². The molecule has 27 heavy (non-hydrogen) atoms. The van der Waals surface area contributed by atoms with Crippen molar-refractivity contribution in [3.63, 3.8) is 0 Å². The Labute approximate surface area is 159 Å². The first-order valence-electron chi connectivity index (χ1n) is 8.42. The average Bonchev–Trinajstić information content (AvgIpc) is 3.20. The van der Waals surface area contributed by atoms with E-state index in [1.807, 2.05) is 22.9 Å². The second-order valence-corrected chi connectivity index (χ2v) is 6.73. The minimum absolute atomic E-state index is 0.342. The molecular formula is C17H18ClN5O4. The summed E-state index contributed by atoms with van der Waals surface area (Å²) in [6.07, 6.45) is 3.03. The van der Waals surface area contributed by atoms with Gasteiger partial charge in [-0.15, -0.1) is 4.73 Å². The molecule has 4 rings (SSSR count). The number of hydrogen-bond acceptors (Lipinski definition) is 6. The predicted molar refractivity (Wildman–Crippen MR) is 96.8 cm³/mol. The van der Waals surface area contributed by atoms with Crippen LogP contribution in [-0.2, 0) is 6.54 Å². The number of halogens is 1. The predicted octanol–water partition coefficient (Wildman–Crippen LogP) is 1.57. The molecule has 2 N–H and O–H groups in total. The fraction of sp³-hybridized carbons (Fsp3) is 0.294. The van der Waals surface area contributed by atoms with E-state index in [4.69, 9.17) is 16.4 Å². The highest BCUT2D eigenvalue weighted by Crippen LogP contribution is 2.19. The highest BCUT2D eigenvalue weighted by molar-refractivity contribution is 6.30. The Hall–Kier alpha value is -2.91. The van der Waals surface area contributed by atoms with Gasteiger partial charge in [-0.1, -0.05) is 11.6 Å². The third-order valence-corrected chi connectivity index (χ3v) is 4.75. The third-order valence-electron chi connectivity index (χ3n) is 4.53. The molecular weight excluding hydrogens is 374 g/mol. The Balaban J connectivity index is 1.36. The minimum atomic E-state index is -0.627. The van der Waals surface area contributed by atoms with Gasteiger partial charge < -0.3 is 24.4 Å². The van der Waals surface area contributed by atoms with Gasteiger partial charge in [-0.05, 0) is 12.1 Å². The van der Waals surface area contributed by atoms with Gasteiger partial charge in [-0.25, -0.2) is 9.78 Å². The van der Waals surface area contributed by atoms with Gasteiger partial charge in [0, 0.05) is 51.1 Å². The summed E-state index contributed by atoms with van der Waals surface area (Å²) >= 11 is 6.07. The van der Waals surface area contributed by atoms with E-state index < -0.39 is 6.09 Å². The summed E-state index contributed by atoms with van der Waals surface area (Å²) in [6, 6.07) is 6.15. The molecule has 9 nitrogen and oxygen atoms in total. The Bertz CT molecular complexity index is 958. The van der Waals surface area contributed by atoms with Gasteiger partial charge in [-0.2, -0.15) is 0 Å². The monoisotopic (exact) mass is 391 g/mol. The number of fused-ring (bicyclic) bond motifs is 1. The van der Waals surface area contributed by atoms with Gasteiger partial charge in [0.2, 0.25) is 11.8 Å². The highest BCUT2D eigenvalue weighted by atomic mass is 35.5. The van der Waals surface area contributed by atoms with Crippen molar-refractivity contribution < 1.29 is 19.8 Å². The van der Waals surface area contributed by atoms with Crippen molar-refractivity contribution in [2.24, 2.45) is 0 Å². The number of hydrogen-bond donors (Lipinski definition) is 2. The molecule has 142 valence electrons. The summed E-state index contributed by atoms with van der Waals surface area (Å²) in [5.74, 6) is -0.684. The summed E-state index contributed by atoms with van der Waals surface area (Å²) < 4.78 is 2.65. The van der Waals surface area contributed by atoms with Crippen molar-refractivity contribution >= 4 is 23.3 Å². The largest absolute Gasteiger partial charge is 0.492 e. The highest BCUT2D eigenvalue weighted by Gasteiger charge is 2.24. The molecule has 0 unspecified atom stereocenters. The van der Waals surface area contributed by atoms with E-state index in [0.717, 1.165) is 11.3 Å². The molecule has 0 spiro atoms. The van der Waals surface area contributed by atoms with Crippen molar-refractivity contribution in [3.05, 3.63) is 47.4 Å². The second kappa shape index (κ2) is 7.01. The summed E-state index contributed by atoms with van der Waals surface area (Å²) in [5, 5.41) is 19.7. The second-order valence-electron chi connectivity index (χ2n) is 6.29. The summed E-state index contributed by atoms with van der Waals surface area (Å²) in [6.45, 7) is 2.95. The standard InChI is InChI=1S/C17H18ClN5O4/c18-12-1-2-14-19-9-13(22(14)10-12)11-20-5-7-21(8-6-20)17(26)27-23-15(24)3-4-16(23)25/h1-4,9-10,24-25H,5-8,11H2. The fourth-order valence-corrected chi connectivity index (χ4v) is 3.23. The molecule has 0 atom stereocenters. The number of rotatable bonds is 3. The van der Waals surface area contributed by atoms with E-state index in [1.165, 1.54) is 17.0 Å².